The molecule has 1 atom stereocenters. The van der Waals surface area contributed by atoms with E-state index < -0.39 is 0 Å². The number of nitrogens with zero attached hydrogens (tertiary/aromatic N) is 2. The van der Waals surface area contributed by atoms with Crippen LogP contribution in [0.25, 0.3) is 0 Å². The van der Waals surface area contributed by atoms with Crippen molar-refractivity contribution >= 4 is 11.6 Å². The Labute approximate surface area is 126 Å². The number of hydrogen-bond acceptors (Lipinski definition) is 3. The predicted octanol–water partition coefficient (Wildman–Crippen LogP) is 2.59. The molecule has 0 bridgehead atoms. The number of carbonyl (C=O) groups excluding carboxylic acids is 1. The van der Waals surface area contributed by atoms with Crippen molar-refractivity contribution in [3.8, 4) is 0 Å². The Balaban J connectivity index is 1.85. The van der Waals surface area contributed by atoms with Gasteiger partial charge < -0.3 is 10.6 Å². The lowest BCUT2D eigenvalue weighted by Gasteiger charge is -2.36. The second-order valence-corrected chi connectivity index (χ2v) is 6.15. The Kier molecular flexibility index (Phi) is 4.44. The van der Waals surface area contributed by atoms with Crippen molar-refractivity contribution in [2.24, 2.45) is 5.73 Å². The van der Waals surface area contributed by atoms with Crippen LogP contribution >= 0.6 is 0 Å². The van der Waals surface area contributed by atoms with E-state index in [0.717, 1.165) is 12.2 Å². The molecule has 0 spiro atoms. The van der Waals surface area contributed by atoms with Crippen molar-refractivity contribution in [3.05, 3.63) is 29.8 Å². The fraction of sp³-hybridized carbons (Fsp3) is 0.588. The first-order chi connectivity index (χ1) is 10.3. The van der Waals surface area contributed by atoms with Crippen LogP contribution in [-0.4, -0.2) is 36.6 Å². The third-order valence-electron chi connectivity index (χ3n) is 4.76. The van der Waals surface area contributed by atoms with Gasteiger partial charge in [-0.2, -0.15) is 0 Å². The van der Waals surface area contributed by atoms with E-state index in [0.29, 0.717) is 11.7 Å². The molecule has 0 saturated carbocycles. The van der Waals surface area contributed by atoms with E-state index in [4.69, 9.17) is 5.73 Å². The molecule has 2 saturated heterocycles. The maximum Gasteiger partial charge on any atom is 0.250 e. The highest BCUT2D eigenvalue weighted by Crippen LogP contribution is 2.31. The summed E-state index contributed by atoms with van der Waals surface area (Å²) in [5, 5.41) is 0. The molecule has 4 nitrogen and oxygen atoms in total. The standard InChI is InChI=1S/C17H25N3O/c18-17(21)14-8-3-4-9-15(14)20-13-7-10-16(20)19-11-5-1-2-6-12-19/h3-4,8-9,16H,1-2,5-7,10-13H2,(H2,18,21). The quantitative estimate of drug-likeness (QED) is 0.929. The zero-order chi connectivity index (χ0) is 14.7. The average Bonchev–Trinajstić information content (AvgIpc) is 2.82. The van der Waals surface area contributed by atoms with Crippen LogP contribution in [0.4, 0.5) is 5.69 Å². The van der Waals surface area contributed by atoms with E-state index in [9.17, 15) is 4.79 Å². The molecule has 2 fully saturated rings. The number of amides is 1. The zero-order valence-corrected chi connectivity index (χ0v) is 12.6. The number of carbonyl (C=O) groups is 1. The summed E-state index contributed by atoms with van der Waals surface area (Å²) >= 11 is 0. The van der Waals surface area contributed by atoms with Crippen LogP contribution < -0.4 is 10.6 Å². The van der Waals surface area contributed by atoms with Crippen molar-refractivity contribution < 1.29 is 4.79 Å². The first-order valence-corrected chi connectivity index (χ1v) is 8.17. The molecule has 2 aliphatic rings. The van der Waals surface area contributed by atoms with Crippen LogP contribution in [0.3, 0.4) is 0 Å². The largest absolute Gasteiger partial charge is 0.366 e. The molecule has 3 rings (SSSR count). The van der Waals surface area contributed by atoms with Gasteiger partial charge in [0, 0.05) is 19.6 Å². The highest BCUT2D eigenvalue weighted by molar-refractivity contribution is 5.98. The second-order valence-electron chi connectivity index (χ2n) is 6.15. The lowest BCUT2D eigenvalue weighted by atomic mass is 10.1. The van der Waals surface area contributed by atoms with Crippen LogP contribution in [0.2, 0.25) is 0 Å². The molecule has 21 heavy (non-hydrogen) atoms. The minimum Gasteiger partial charge on any atom is -0.366 e. The summed E-state index contributed by atoms with van der Waals surface area (Å²) in [7, 11) is 0. The van der Waals surface area contributed by atoms with E-state index in [1.165, 1.54) is 51.6 Å². The van der Waals surface area contributed by atoms with Gasteiger partial charge in [0.1, 0.15) is 0 Å². The highest BCUT2D eigenvalue weighted by Gasteiger charge is 2.31. The Morgan fingerprint density at radius 3 is 2.43 bits per heavy atom. The van der Waals surface area contributed by atoms with E-state index in [2.05, 4.69) is 9.80 Å². The van der Waals surface area contributed by atoms with E-state index in [1.807, 2.05) is 24.3 Å². The molecule has 2 aliphatic heterocycles. The third kappa shape index (κ3) is 3.05. The van der Waals surface area contributed by atoms with Crippen LogP contribution in [-0.2, 0) is 0 Å². The Bertz CT molecular complexity index is 495. The van der Waals surface area contributed by atoms with Gasteiger partial charge in [0.2, 0.25) is 0 Å². The van der Waals surface area contributed by atoms with Crippen molar-refractivity contribution in [3.63, 3.8) is 0 Å². The monoisotopic (exact) mass is 287 g/mol. The fourth-order valence-electron chi connectivity index (χ4n) is 3.74. The number of nitrogens with two attached hydrogens (primary N) is 1. The molecule has 2 N–H and O–H groups in total. The maximum absolute atomic E-state index is 11.7. The summed E-state index contributed by atoms with van der Waals surface area (Å²) in [5.74, 6) is -0.327. The van der Waals surface area contributed by atoms with Crippen LogP contribution in [0.15, 0.2) is 24.3 Å². The predicted molar refractivity (Wildman–Crippen MR) is 85.4 cm³/mol. The topological polar surface area (TPSA) is 49.6 Å². The van der Waals surface area contributed by atoms with Gasteiger partial charge >= 0.3 is 0 Å². The van der Waals surface area contributed by atoms with Crippen LogP contribution in [0.1, 0.15) is 48.9 Å². The molecule has 1 amide bonds. The molecular formula is C17H25N3O. The molecule has 0 aromatic heterocycles. The third-order valence-corrected chi connectivity index (χ3v) is 4.76. The van der Waals surface area contributed by atoms with Gasteiger partial charge in [0.05, 0.1) is 17.4 Å². The SMILES string of the molecule is NC(=O)c1ccccc1N1CCCC1N1CCCCCC1. The van der Waals surface area contributed by atoms with Gasteiger partial charge in [-0.3, -0.25) is 9.69 Å². The number of hydrogen-bond donors (Lipinski definition) is 1. The molecule has 0 radical (unpaired) electrons. The summed E-state index contributed by atoms with van der Waals surface area (Å²) in [4.78, 5) is 16.7. The summed E-state index contributed by atoms with van der Waals surface area (Å²) < 4.78 is 0. The number of rotatable bonds is 3. The summed E-state index contributed by atoms with van der Waals surface area (Å²) in [6.45, 7) is 3.38. The summed E-state index contributed by atoms with van der Waals surface area (Å²) in [5.41, 5.74) is 7.21. The number of para-hydroxylation sites is 1. The molecule has 1 aromatic carbocycles. The summed E-state index contributed by atoms with van der Waals surface area (Å²) in [6.07, 6.45) is 8.09. The minimum atomic E-state index is -0.327. The molecule has 114 valence electrons. The second kappa shape index (κ2) is 6.48. The van der Waals surface area contributed by atoms with Gasteiger partial charge in [-0.05, 0) is 37.8 Å². The normalized spacial score (nSPS) is 24.0. The minimum absolute atomic E-state index is 0.327. The first-order valence-electron chi connectivity index (χ1n) is 8.17. The molecule has 4 heteroatoms. The fourth-order valence-corrected chi connectivity index (χ4v) is 3.74. The Morgan fingerprint density at radius 2 is 1.71 bits per heavy atom. The molecule has 1 aromatic rings. The average molecular weight is 287 g/mol. The number of likely N-dealkylation sites (tertiary alicyclic amines) is 1. The first kappa shape index (κ1) is 14.4. The van der Waals surface area contributed by atoms with Gasteiger partial charge in [-0.15, -0.1) is 0 Å². The molecule has 1 unspecified atom stereocenters. The van der Waals surface area contributed by atoms with E-state index >= 15 is 0 Å². The number of anilines is 1. The van der Waals surface area contributed by atoms with E-state index in [1.54, 1.807) is 0 Å². The smallest absolute Gasteiger partial charge is 0.250 e. The van der Waals surface area contributed by atoms with Gasteiger partial charge in [0.25, 0.3) is 5.91 Å². The van der Waals surface area contributed by atoms with Gasteiger partial charge in [-0.25, -0.2) is 0 Å². The lowest BCUT2D eigenvalue weighted by Crippen LogP contribution is -2.45. The van der Waals surface area contributed by atoms with Crippen molar-refractivity contribution in [1.29, 1.82) is 0 Å². The number of benzene rings is 1. The van der Waals surface area contributed by atoms with E-state index in [-0.39, 0.29) is 5.91 Å². The Morgan fingerprint density at radius 1 is 1.00 bits per heavy atom. The van der Waals surface area contributed by atoms with Gasteiger partial charge in [0.15, 0.2) is 0 Å². The molecule has 0 aliphatic carbocycles. The lowest BCUT2D eigenvalue weighted by molar-refractivity contribution is 0.100. The van der Waals surface area contributed by atoms with Crippen molar-refractivity contribution in [2.45, 2.75) is 44.7 Å². The zero-order valence-electron chi connectivity index (χ0n) is 12.6. The van der Waals surface area contributed by atoms with Crippen molar-refractivity contribution in [1.82, 2.24) is 4.90 Å². The van der Waals surface area contributed by atoms with Gasteiger partial charge in [-0.1, -0.05) is 25.0 Å². The number of primary amides is 1. The highest BCUT2D eigenvalue weighted by atomic mass is 16.1. The van der Waals surface area contributed by atoms with Crippen LogP contribution in [0.5, 0.6) is 0 Å². The molecular weight excluding hydrogens is 262 g/mol. The maximum atomic E-state index is 11.7. The Hall–Kier alpha value is -1.55. The summed E-state index contributed by atoms with van der Waals surface area (Å²) in [6, 6.07) is 7.77. The van der Waals surface area contributed by atoms with Crippen molar-refractivity contribution in [2.75, 3.05) is 24.5 Å². The van der Waals surface area contributed by atoms with Crippen LogP contribution in [0, 0.1) is 0 Å². The molecule has 2 heterocycles.